The monoisotopic (exact) mass is 542 g/mol. The summed E-state index contributed by atoms with van der Waals surface area (Å²) >= 11 is 0. The molecular formula is C28H29F3N4O4. The summed E-state index contributed by atoms with van der Waals surface area (Å²) in [5.41, 5.74) is 14.0. The minimum absolute atomic E-state index is 0.0873. The van der Waals surface area contributed by atoms with Crippen LogP contribution in [0.15, 0.2) is 60.7 Å². The molecule has 1 aliphatic carbocycles. The molecule has 0 amide bonds. The van der Waals surface area contributed by atoms with E-state index in [0.717, 1.165) is 16.7 Å². The molecule has 0 spiro atoms. The molecule has 206 valence electrons. The Morgan fingerprint density at radius 3 is 2.49 bits per heavy atom. The van der Waals surface area contributed by atoms with Crippen LogP contribution in [-0.2, 0) is 4.79 Å². The molecule has 0 saturated heterocycles. The normalized spacial score (nSPS) is 17.2. The number of carboxylic acids is 1. The Morgan fingerprint density at radius 2 is 1.87 bits per heavy atom. The third kappa shape index (κ3) is 7.05. The van der Waals surface area contributed by atoms with E-state index in [4.69, 9.17) is 26.0 Å². The van der Waals surface area contributed by atoms with Crippen molar-refractivity contribution < 1.29 is 32.5 Å². The second kappa shape index (κ2) is 11.7. The number of rotatable bonds is 9. The first-order valence-corrected chi connectivity index (χ1v) is 12.3. The first-order chi connectivity index (χ1) is 18.5. The van der Waals surface area contributed by atoms with E-state index in [0.29, 0.717) is 37.1 Å². The number of ether oxygens (including phenoxy) is 2. The molecule has 5 N–H and O–H groups in total. The van der Waals surface area contributed by atoms with Crippen LogP contribution >= 0.6 is 0 Å². The summed E-state index contributed by atoms with van der Waals surface area (Å²) in [5, 5.41) is 9.03. The molecule has 0 aliphatic heterocycles. The molecule has 1 unspecified atom stereocenters. The number of hydrogen-bond donors (Lipinski definition) is 3. The molecule has 1 aliphatic rings. The van der Waals surface area contributed by atoms with E-state index in [9.17, 15) is 18.0 Å². The third-order valence-corrected chi connectivity index (χ3v) is 6.63. The van der Waals surface area contributed by atoms with Gasteiger partial charge in [-0.25, -0.2) is 4.98 Å². The zero-order chi connectivity index (χ0) is 28.2. The van der Waals surface area contributed by atoms with Crippen LogP contribution in [0.5, 0.6) is 11.6 Å². The molecule has 0 saturated carbocycles. The summed E-state index contributed by atoms with van der Waals surface area (Å²) in [6, 6.07) is 13.5. The maximum atomic E-state index is 14.1. The number of hydrogen-bond acceptors (Lipinski definition) is 7. The van der Waals surface area contributed by atoms with Gasteiger partial charge in [0.1, 0.15) is 11.8 Å². The maximum absolute atomic E-state index is 14.1. The number of aromatic nitrogens is 2. The Morgan fingerprint density at radius 1 is 1.13 bits per heavy atom. The Bertz CT molecular complexity index is 1350. The second-order valence-electron chi connectivity index (χ2n) is 9.39. The van der Waals surface area contributed by atoms with Crippen molar-refractivity contribution in [1.82, 2.24) is 9.97 Å². The minimum atomic E-state index is -4.72. The minimum Gasteiger partial charge on any atom is -0.497 e. The number of benzene rings is 2. The van der Waals surface area contributed by atoms with Crippen LogP contribution in [0.3, 0.4) is 0 Å². The number of aliphatic carboxylic acids is 1. The summed E-state index contributed by atoms with van der Waals surface area (Å²) in [6.45, 7) is 0. The van der Waals surface area contributed by atoms with Crippen LogP contribution in [-0.4, -0.2) is 40.4 Å². The Kier molecular flexibility index (Phi) is 8.39. The molecule has 2 aromatic carbocycles. The van der Waals surface area contributed by atoms with Crippen LogP contribution in [0.1, 0.15) is 43.0 Å². The van der Waals surface area contributed by atoms with Crippen molar-refractivity contribution in [1.29, 1.82) is 0 Å². The van der Waals surface area contributed by atoms with E-state index in [-0.39, 0.29) is 23.3 Å². The number of carboxylic acid groups (broad SMARTS) is 1. The molecule has 4 rings (SSSR count). The smallest absolute Gasteiger partial charge is 0.429 e. The lowest BCUT2D eigenvalue weighted by atomic mass is 9.84. The first-order valence-electron chi connectivity index (χ1n) is 12.3. The SMILES string of the molecule is COc1cccc(-c2ccc([C@@H](Oc3cc(C4=CCC(C[C@H](N)C(=O)O)CC4)nc(N)n3)C(F)(F)F)cc2)c1. The van der Waals surface area contributed by atoms with Crippen LogP contribution in [0.2, 0.25) is 0 Å². The standard InChI is InChI=1S/C28H29F3N4O4/c1-38-21-4-2-3-20(14-21)17-9-11-19(12-10-17)25(28(29,30)31)39-24-15-23(34-27(33)35-24)18-7-5-16(6-8-18)13-22(32)26(36)37/h2-4,7,9-12,14-16,22,25H,5-6,8,13,32H2,1H3,(H,36,37)(H2,33,34,35)/t16?,22-,25+/m0/s1. The molecule has 1 aromatic heterocycles. The number of carbonyl (C=O) groups is 1. The number of methoxy groups -OCH3 is 1. The van der Waals surface area contributed by atoms with Crippen LogP contribution in [0.4, 0.5) is 19.1 Å². The number of nitrogen functional groups attached to an aromatic ring is 1. The average Bonchev–Trinajstić information content (AvgIpc) is 2.91. The lowest BCUT2D eigenvalue weighted by Gasteiger charge is -2.24. The van der Waals surface area contributed by atoms with Gasteiger partial charge in [0.25, 0.3) is 0 Å². The highest BCUT2D eigenvalue weighted by molar-refractivity contribution is 5.73. The third-order valence-electron chi connectivity index (χ3n) is 6.63. The number of nitrogens with two attached hydrogens (primary N) is 2. The fourth-order valence-corrected chi connectivity index (χ4v) is 4.56. The van der Waals surface area contributed by atoms with Crippen LogP contribution < -0.4 is 20.9 Å². The van der Waals surface area contributed by atoms with Gasteiger partial charge in [-0.1, -0.05) is 42.5 Å². The van der Waals surface area contributed by atoms with E-state index in [1.165, 1.54) is 18.2 Å². The van der Waals surface area contributed by atoms with E-state index >= 15 is 0 Å². The predicted molar refractivity (Wildman–Crippen MR) is 140 cm³/mol. The average molecular weight is 543 g/mol. The van der Waals surface area contributed by atoms with Gasteiger partial charge in [-0.2, -0.15) is 18.2 Å². The van der Waals surface area contributed by atoms with Crippen molar-refractivity contribution in [3.8, 4) is 22.8 Å². The molecule has 11 heteroatoms. The predicted octanol–water partition coefficient (Wildman–Crippen LogP) is 5.40. The summed E-state index contributed by atoms with van der Waals surface area (Å²) in [4.78, 5) is 19.1. The van der Waals surface area contributed by atoms with Crippen molar-refractivity contribution in [3.63, 3.8) is 0 Å². The number of nitrogens with zero attached hydrogens (tertiary/aromatic N) is 2. The largest absolute Gasteiger partial charge is 0.497 e. The number of alkyl halides is 3. The van der Waals surface area contributed by atoms with Gasteiger partial charge in [-0.15, -0.1) is 0 Å². The lowest BCUT2D eigenvalue weighted by molar-refractivity contribution is -0.198. The summed E-state index contributed by atoms with van der Waals surface area (Å²) < 4.78 is 52.9. The van der Waals surface area contributed by atoms with Gasteiger partial charge in [0.05, 0.1) is 12.8 Å². The van der Waals surface area contributed by atoms with Gasteiger partial charge < -0.3 is 26.0 Å². The maximum Gasteiger partial charge on any atom is 0.429 e. The number of halogens is 3. The lowest BCUT2D eigenvalue weighted by Crippen LogP contribution is -2.32. The summed E-state index contributed by atoms with van der Waals surface area (Å²) in [5.74, 6) is -0.841. The fourth-order valence-electron chi connectivity index (χ4n) is 4.56. The van der Waals surface area contributed by atoms with Crippen molar-refractivity contribution in [3.05, 3.63) is 71.9 Å². The summed E-state index contributed by atoms with van der Waals surface area (Å²) in [7, 11) is 1.54. The molecule has 0 radical (unpaired) electrons. The number of anilines is 1. The van der Waals surface area contributed by atoms with Gasteiger partial charge in [0.15, 0.2) is 0 Å². The van der Waals surface area contributed by atoms with Crippen LogP contribution in [0, 0.1) is 5.92 Å². The fraction of sp³-hybridized carbons (Fsp3) is 0.321. The zero-order valence-corrected chi connectivity index (χ0v) is 21.2. The topological polar surface area (TPSA) is 134 Å². The van der Waals surface area contributed by atoms with E-state index in [1.807, 2.05) is 12.1 Å². The van der Waals surface area contributed by atoms with E-state index < -0.39 is 24.3 Å². The first kappa shape index (κ1) is 27.9. The highest BCUT2D eigenvalue weighted by Crippen LogP contribution is 2.39. The molecule has 3 atom stereocenters. The molecule has 0 bridgehead atoms. The number of allylic oxidation sites excluding steroid dienone is 2. The van der Waals surface area contributed by atoms with Crippen molar-refractivity contribution >= 4 is 17.5 Å². The second-order valence-corrected chi connectivity index (χ2v) is 9.39. The van der Waals surface area contributed by atoms with Crippen LogP contribution in [0.25, 0.3) is 16.7 Å². The molecule has 39 heavy (non-hydrogen) atoms. The Balaban J connectivity index is 1.54. The molecule has 8 nitrogen and oxygen atoms in total. The molecule has 0 fully saturated rings. The van der Waals surface area contributed by atoms with Crippen molar-refractivity contribution in [2.45, 2.75) is 44.0 Å². The van der Waals surface area contributed by atoms with Gasteiger partial charge in [0, 0.05) is 11.6 Å². The van der Waals surface area contributed by atoms with Crippen molar-refractivity contribution in [2.75, 3.05) is 12.8 Å². The summed E-state index contributed by atoms with van der Waals surface area (Å²) in [6.07, 6.45) is -3.00. The van der Waals surface area contributed by atoms with Gasteiger partial charge >= 0.3 is 12.1 Å². The van der Waals surface area contributed by atoms with E-state index in [2.05, 4.69) is 9.97 Å². The highest BCUT2D eigenvalue weighted by Gasteiger charge is 2.43. The Labute approximate surface area is 223 Å². The molecular weight excluding hydrogens is 513 g/mol. The molecule has 3 aromatic rings. The zero-order valence-electron chi connectivity index (χ0n) is 21.2. The van der Waals surface area contributed by atoms with Gasteiger partial charge in [-0.3, -0.25) is 4.79 Å². The van der Waals surface area contributed by atoms with E-state index in [1.54, 1.807) is 37.4 Å². The quantitative estimate of drug-likeness (QED) is 0.327. The van der Waals surface area contributed by atoms with Crippen molar-refractivity contribution in [2.24, 2.45) is 11.7 Å². The van der Waals surface area contributed by atoms with Gasteiger partial charge in [-0.05, 0) is 60.4 Å². The van der Waals surface area contributed by atoms with Gasteiger partial charge in [0.2, 0.25) is 17.9 Å². The molecule has 1 heterocycles. The Hall–Kier alpha value is -4.12. The highest BCUT2D eigenvalue weighted by atomic mass is 19.4.